The molecule has 1 N–H and O–H groups in total. The predicted molar refractivity (Wildman–Crippen MR) is 88.9 cm³/mol. The highest BCUT2D eigenvalue weighted by atomic mass is 32.1. The van der Waals surface area contributed by atoms with E-state index < -0.39 is 0 Å². The number of aromatic nitrogens is 1. The summed E-state index contributed by atoms with van der Waals surface area (Å²) < 4.78 is 0. The van der Waals surface area contributed by atoms with Gasteiger partial charge in [0.2, 0.25) is 5.91 Å². The molecule has 0 saturated heterocycles. The number of rotatable bonds is 4. The topological polar surface area (TPSA) is 42.0 Å². The number of nitrogens with zero attached hydrogens (tertiary/aromatic N) is 1. The van der Waals surface area contributed by atoms with E-state index in [9.17, 15) is 4.79 Å². The van der Waals surface area contributed by atoms with Crippen LogP contribution >= 0.6 is 22.7 Å². The van der Waals surface area contributed by atoms with E-state index in [0.29, 0.717) is 0 Å². The lowest BCUT2D eigenvalue weighted by Crippen LogP contribution is -2.17. The van der Waals surface area contributed by atoms with Gasteiger partial charge >= 0.3 is 0 Å². The molecule has 1 atom stereocenters. The van der Waals surface area contributed by atoms with Crippen LogP contribution in [-0.4, -0.2) is 10.9 Å². The van der Waals surface area contributed by atoms with Gasteiger partial charge in [-0.3, -0.25) is 4.79 Å². The van der Waals surface area contributed by atoms with E-state index >= 15 is 0 Å². The molecule has 0 spiro atoms. The molecule has 2 aromatic heterocycles. The van der Waals surface area contributed by atoms with Gasteiger partial charge in [0.15, 0.2) is 0 Å². The third-order valence-electron chi connectivity index (χ3n) is 3.21. The maximum Gasteiger partial charge on any atom is 0.233 e. The minimum absolute atomic E-state index is 0.00104. The standard InChI is InChI=1S/C16H14N2OS2/c1-11(13-8-5-9-20-13)15(19)18-16-14(17-10-21-16)12-6-3-2-4-7-12/h2-11H,1H3,(H,18,19). The number of thiophene rings is 1. The van der Waals surface area contributed by atoms with E-state index in [2.05, 4.69) is 10.3 Å². The Morgan fingerprint density at radius 1 is 1.14 bits per heavy atom. The minimum Gasteiger partial charge on any atom is -0.315 e. The zero-order valence-electron chi connectivity index (χ0n) is 11.4. The van der Waals surface area contributed by atoms with Crippen LogP contribution in [-0.2, 0) is 4.79 Å². The van der Waals surface area contributed by atoms with Crippen LogP contribution in [0, 0.1) is 0 Å². The zero-order chi connectivity index (χ0) is 14.7. The molecule has 0 aliphatic rings. The Morgan fingerprint density at radius 3 is 2.67 bits per heavy atom. The maximum absolute atomic E-state index is 12.4. The van der Waals surface area contributed by atoms with E-state index in [1.807, 2.05) is 54.8 Å². The second-order valence-electron chi connectivity index (χ2n) is 4.62. The van der Waals surface area contributed by atoms with E-state index in [-0.39, 0.29) is 11.8 Å². The van der Waals surface area contributed by atoms with E-state index in [1.54, 1.807) is 16.8 Å². The average Bonchev–Trinajstić information content (AvgIpc) is 3.19. The maximum atomic E-state index is 12.4. The van der Waals surface area contributed by atoms with Gasteiger partial charge in [-0.1, -0.05) is 36.4 Å². The van der Waals surface area contributed by atoms with Gasteiger partial charge in [-0.25, -0.2) is 4.98 Å². The molecule has 3 rings (SSSR count). The Bertz CT molecular complexity index is 720. The van der Waals surface area contributed by atoms with Crippen LogP contribution in [0.5, 0.6) is 0 Å². The summed E-state index contributed by atoms with van der Waals surface area (Å²) in [5.41, 5.74) is 3.60. The molecule has 0 aliphatic carbocycles. The minimum atomic E-state index is -0.157. The van der Waals surface area contributed by atoms with Crippen molar-refractivity contribution in [1.82, 2.24) is 4.98 Å². The lowest BCUT2D eigenvalue weighted by Gasteiger charge is -2.10. The summed E-state index contributed by atoms with van der Waals surface area (Å²) in [5, 5.41) is 5.79. The number of carbonyl (C=O) groups excluding carboxylic acids is 1. The molecule has 0 bridgehead atoms. The fourth-order valence-corrected chi connectivity index (χ4v) is 3.51. The summed E-state index contributed by atoms with van der Waals surface area (Å²) in [4.78, 5) is 17.8. The van der Waals surface area contributed by atoms with Crippen LogP contribution in [0.1, 0.15) is 17.7 Å². The average molecular weight is 314 g/mol. The molecule has 5 heteroatoms. The van der Waals surface area contributed by atoms with Gasteiger partial charge < -0.3 is 5.32 Å². The molecule has 106 valence electrons. The Morgan fingerprint density at radius 2 is 1.95 bits per heavy atom. The molecule has 0 aliphatic heterocycles. The van der Waals surface area contributed by atoms with Crippen LogP contribution in [0.3, 0.4) is 0 Å². The first kappa shape index (κ1) is 14.0. The Hall–Kier alpha value is -1.98. The monoisotopic (exact) mass is 314 g/mol. The molecule has 2 heterocycles. The molecular formula is C16H14N2OS2. The number of anilines is 1. The van der Waals surface area contributed by atoms with Crippen LogP contribution in [0.25, 0.3) is 11.3 Å². The van der Waals surface area contributed by atoms with Crippen molar-refractivity contribution in [3.05, 3.63) is 58.2 Å². The molecule has 3 nitrogen and oxygen atoms in total. The fraction of sp³-hybridized carbons (Fsp3) is 0.125. The van der Waals surface area contributed by atoms with Gasteiger partial charge in [0.1, 0.15) is 10.7 Å². The Kier molecular flexibility index (Phi) is 4.13. The Labute approximate surface area is 131 Å². The highest BCUT2D eigenvalue weighted by Gasteiger charge is 2.19. The highest BCUT2D eigenvalue weighted by molar-refractivity contribution is 7.14. The van der Waals surface area contributed by atoms with Crippen molar-refractivity contribution < 1.29 is 4.79 Å². The summed E-state index contributed by atoms with van der Waals surface area (Å²) in [6.45, 7) is 1.92. The molecule has 21 heavy (non-hydrogen) atoms. The molecule has 3 aromatic rings. The number of hydrogen-bond acceptors (Lipinski definition) is 4. The SMILES string of the molecule is CC(C(=O)Nc1scnc1-c1ccccc1)c1cccs1. The molecule has 1 aromatic carbocycles. The normalized spacial score (nSPS) is 12.0. The first-order valence-electron chi connectivity index (χ1n) is 6.59. The number of benzene rings is 1. The number of thiazole rings is 1. The van der Waals surface area contributed by atoms with Gasteiger partial charge in [-0.2, -0.15) is 0 Å². The summed E-state index contributed by atoms with van der Waals surface area (Å²) in [7, 11) is 0. The predicted octanol–water partition coefficient (Wildman–Crippen LogP) is 4.61. The van der Waals surface area contributed by atoms with Gasteiger partial charge in [0, 0.05) is 10.4 Å². The first-order chi connectivity index (χ1) is 10.3. The van der Waals surface area contributed by atoms with Crippen molar-refractivity contribution in [2.24, 2.45) is 0 Å². The van der Waals surface area contributed by atoms with Crippen molar-refractivity contribution in [2.75, 3.05) is 5.32 Å². The fourth-order valence-electron chi connectivity index (χ4n) is 2.02. The van der Waals surface area contributed by atoms with Crippen molar-refractivity contribution in [2.45, 2.75) is 12.8 Å². The number of hydrogen-bond donors (Lipinski definition) is 1. The smallest absolute Gasteiger partial charge is 0.233 e. The van der Waals surface area contributed by atoms with Crippen molar-refractivity contribution in [3.8, 4) is 11.3 Å². The third-order valence-corrected chi connectivity index (χ3v) is 5.01. The van der Waals surface area contributed by atoms with Crippen molar-refractivity contribution in [3.63, 3.8) is 0 Å². The number of amides is 1. The van der Waals surface area contributed by atoms with Gasteiger partial charge in [0.25, 0.3) is 0 Å². The number of nitrogens with one attached hydrogen (secondary N) is 1. The largest absolute Gasteiger partial charge is 0.315 e. The lowest BCUT2D eigenvalue weighted by atomic mass is 10.1. The van der Waals surface area contributed by atoms with Crippen LogP contribution in [0.4, 0.5) is 5.00 Å². The van der Waals surface area contributed by atoms with Crippen molar-refractivity contribution in [1.29, 1.82) is 0 Å². The van der Waals surface area contributed by atoms with Gasteiger partial charge in [-0.05, 0) is 18.4 Å². The molecule has 1 amide bonds. The second-order valence-corrected chi connectivity index (χ2v) is 6.46. The molecule has 0 fully saturated rings. The van der Waals surface area contributed by atoms with Gasteiger partial charge in [0.05, 0.1) is 11.4 Å². The third kappa shape index (κ3) is 3.04. The number of carbonyl (C=O) groups is 1. The van der Waals surface area contributed by atoms with E-state index in [1.165, 1.54) is 11.3 Å². The summed E-state index contributed by atoms with van der Waals surface area (Å²) in [5.74, 6) is -0.158. The summed E-state index contributed by atoms with van der Waals surface area (Å²) in [6, 6.07) is 13.8. The van der Waals surface area contributed by atoms with Crippen LogP contribution < -0.4 is 5.32 Å². The zero-order valence-corrected chi connectivity index (χ0v) is 13.1. The highest BCUT2D eigenvalue weighted by Crippen LogP contribution is 2.31. The molecule has 0 saturated carbocycles. The quantitative estimate of drug-likeness (QED) is 0.764. The van der Waals surface area contributed by atoms with Crippen molar-refractivity contribution >= 4 is 33.6 Å². The summed E-state index contributed by atoms with van der Waals surface area (Å²) >= 11 is 3.05. The van der Waals surface area contributed by atoms with E-state index in [0.717, 1.165) is 21.1 Å². The molecular weight excluding hydrogens is 300 g/mol. The summed E-state index contributed by atoms with van der Waals surface area (Å²) in [6.07, 6.45) is 0. The van der Waals surface area contributed by atoms with E-state index in [4.69, 9.17) is 0 Å². The molecule has 0 radical (unpaired) electrons. The Balaban J connectivity index is 1.80. The molecule has 1 unspecified atom stereocenters. The van der Waals surface area contributed by atoms with Crippen LogP contribution in [0.2, 0.25) is 0 Å². The lowest BCUT2D eigenvalue weighted by molar-refractivity contribution is -0.117. The van der Waals surface area contributed by atoms with Gasteiger partial charge in [-0.15, -0.1) is 22.7 Å². The second kappa shape index (κ2) is 6.20. The first-order valence-corrected chi connectivity index (χ1v) is 8.35. The van der Waals surface area contributed by atoms with Crippen LogP contribution in [0.15, 0.2) is 53.4 Å².